The van der Waals surface area contributed by atoms with E-state index in [9.17, 15) is 14.7 Å². The molecule has 0 aliphatic carbocycles. The zero-order chi connectivity index (χ0) is 22.3. The highest BCUT2D eigenvalue weighted by molar-refractivity contribution is 6.31. The first-order valence-corrected chi connectivity index (χ1v) is 10.6. The van der Waals surface area contributed by atoms with E-state index in [1.54, 1.807) is 29.2 Å². The van der Waals surface area contributed by atoms with Crippen LogP contribution in [0.25, 0.3) is 0 Å². The number of nitrogens with zero attached hydrogens (tertiary/aromatic N) is 1. The molecule has 0 bridgehead atoms. The largest absolute Gasteiger partial charge is 0.375 e. The molecule has 4 nitrogen and oxygen atoms in total. The van der Waals surface area contributed by atoms with Crippen LogP contribution >= 0.6 is 11.6 Å². The summed E-state index contributed by atoms with van der Waals surface area (Å²) in [7, 11) is 0. The minimum atomic E-state index is -1.96. The van der Waals surface area contributed by atoms with Crippen LogP contribution in [-0.2, 0) is 16.9 Å². The maximum Gasteiger partial charge on any atom is 0.264 e. The first-order valence-electron chi connectivity index (χ1n) is 10.2. The maximum absolute atomic E-state index is 13.5. The van der Waals surface area contributed by atoms with Crippen LogP contribution in [-0.4, -0.2) is 16.8 Å². The molecule has 0 unspecified atom stereocenters. The van der Waals surface area contributed by atoms with Gasteiger partial charge in [-0.1, -0.05) is 59.6 Å². The van der Waals surface area contributed by atoms with Gasteiger partial charge >= 0.3 is 0 Å². The third-order valence-corrected chi connectivity index (χ3v) is 6.22. The summed E-state index contributed by atoms with van der Waals surface area (Å²) in [5.41, 5.74) is 3.39. The highest BCUT2D eigenvalue weighted by Gasteiger charge is 2.51. The Bertz CT molecular complexity index is 1200. The van der Waals surface area contributed by atoms with E-state index >= 15 is 0 Å². The number of benzene rings is 3. The number of Topliss-reactive ketones (excluding diaryl/α,β-unsaturated/α-hetero) is 1. The van der Waals surface area contributed by atoms with Gasteiger partial charge in [0.1, 0.15) is 0 Å². The smallest absolute Gasteiger partial charge is 0.264 e. The lowest BCUT2D eigenvalue weighted by Gasteiger charge is -2.23. The van der Waals surface area contributed by atoms with Crippen molar-refractivity contribution in [2.45, 2.75) is 39.3 Å². The molecule has 1 amide bonds. The first kappa shape index (κ1) is 21.3. The van der Waals surface area contributed by atoms with Crippen molar-refractivity contribution in [2.24, 2.45) is 0 Å². The molecule has 3 aromatic rings. The van der Waals surface area contributed by atoms with E-state index in [1.807, 2.05) is 57.2 Å². The Labute approximate surface area is 187 Å². The molecule has 0 radical (unpaired) electrons. The highest BCUT2D eigenvalue weighted by Crippen LogP contribution is 2.45. The SMILES string of the molecule is Cc1ccc(C(=O)C[C@@]2(O)C(=O)N(Cc3ccccc3C)c3ccc(Cl)cc32)c(C)c1. The number of hydrogen-bond donors (Lipinski definition) is 1. The molecule has 0 saturated carbocycles. The van der Waals surface area contributed by atoms with Crippen LogP contribution in [0, 0.1) is 20.8 Å². The molecule has 0 spiro atoms. The number of aliphatic hydroxyl groups is 1. The summed E-state index contributed by atoms with van der Waals surface area (Å²) in [5.74, 6) is -0.789. The van der Waals surface area contributed by atoms with E-state index in [-0.39, 0.29) is 12.2 Å². The molecule has 3 aromatic carbocycles. The van der Waals surface area contributed by atoms with Crippen molar-refractivity contribution in [1.29, 1.82) is 0 Å². The molecule has 1 aliphatic heterocycles. The zero-order valence-corrected chi connectivity index (χ0v) is 18.5. The van der Waals surface area contributed by atoms with Crippen molar-refractivity contribution < 1.29 is 14.7 Å². The normalized spacial score (nSPS) is 17.7. The van der Waals surface area contributed by atoms with Gasteiger partial charge in [-0.25, -0.2) is 0 Å². The van der Waals surface area contributed by atoms with E-state index in [0.717, 1.165) is 22.3 Å². The lowest BCUT2D eigenvalue weighted by molar-refractivity contribution is -0.136. The Morgan fingerprint density at radius 1 is 1.00 bits per heavy atom. The van der Waals surface area contributed by atoms with Crippen LogP contribution in [0.3, 0.4) is 0 Å². The topological polar surface area (TPSA) is 57.6 Å². The number of hydrogen-bond acceptors (Lipinski definition) is 3. The third-order valence-electron chi connectivity index (χ3n) is 5.98. The zero-order valence-electron chi connectivity index (χ0n) is 17.8. The van der Waals surface area contributed by atoms with Gasteiger partial charge in [-0.15, -0.1) is 0 Å². The fourth-order valence-corrected chi connectivity index (χ4v) is 4.43. The second-order valence-electron chi connectivity index (χ2n) is 8.26. The third kappa shape index (κ3) is 3.78. The van der Waals surface area contributed by atoms with Gasteiger partial charge in [-0.05, 0) is 55.7 Å². The van der Waals surface area contributed by atoms with Gasteiger partial charge in [0.05, 0.1) is 18.7 Å². The fourth-order valence-electron chi connectivity index (χ4n) is 4.26. The van der Waals surface area contributed by atoms with Crippen molar-refractivity contribution >= 4 is 29.0 Å². The van der Waals surface area contributed by atoms with Gasteiger partial charge < -0.3 is 10.0 Å². The number of anilines is 1. The lowest BCUT2D eigenvalue weighted by atomic mass is 9.87. The number of carbonyl (C=O) groups excluding carboxylic acids is 2. The van der Waals surface area contributed by atoms with Crippen molar-refractivity contribution in [3.8, 4) is 0 Å². The molecular weight excluding hydrogens is 410 g/mol. The van der Waals surface area contributed by atoms with Crippen molar-refractivity contribution in [1.82, 2.24) is 0 Å². The summed E-state index contributed by atoms with van der Waals surface area (Å²) in [6.07, 6.45) is -0.340. The molecule has 0 aromatic heterocycles. The molecule has 5 heteroatoms. The fraction of sp³-hybridized carbons (Fsp3) is 0.231. The number of carbonyl (C=O) groups is 2. The number of amides is 1. The van der Waals surface area contributed by atoms with E-state index in [0.29, 0.717) is 28.4 Å². The molecular formula is C26H24ClNO3. The summed E-state index contributed by atoms with van der Waals surface area (Å²) in [6.45, 7) is 6.10. The molecule has 1 N–H and O–H groups in total. The minimum Gasteiger partial charge on any atom is -0.375 e. The Hall–Kier alpha value is -2.95. The van der Waals surface area contributed by atoms with Gasteiger partial charge in [0.25, 0.3) is 5.91 Å². The Kier molecular flexibility index (Phi) is 5.46. The van der Waals surface area contributed by atoms with Crippen LogP contribution in [0.15, 0.2) is 60.7 Å². The van der Waals surface area contributed by atoms with Gasteiger partial charge in [-0.2, -0.15) is 0 Å². The summed E-state index contributed by atoms with van der Waals surface area (Å²) in [6, 6.07) is 18.3. The molecule has 4 rings (SSSR count). The highest BCUT2D eigenvalue weighted by atomic mass is 35.5. The van der Waals surface area contributed by atoms with E-state index in [2.05, 4.69) is 0 Å². The van der Waals surface area contributed by atoms with Crippen molar-refractivity contribution in [3.63, 3.8) is 0 Å². The summed E-state index contributed by atoms with van der Waals surface area (Å²) in [4.78, 5) is 28.2. The quantitative estimate of drug-likeness (QED) is 0.557. The Morgan fingerprint density at radius 3 is 2.45 bits per heavy atom. The molecule has 1 atom stereocenters. The van der Waals surface area contributed by atoms with Crippen LogP contribution in [0.2, 0.25) is 5.02 Å². The summed E-state index contributed by atoms with van der Waals surface area (Å²) in [5, 5.41) is 12.0. The molecule has 0 saturated heterocycles. The summed E-state index contributed by atoms with van der Waals surface area (Å²) < 4.78 is 0. The van der Waals surface area contributed by atoms with Gasteiger partial charge in [0.2, 0.25) is 0 Å². The van der Waals surface area contributed by atoms with Crippen LogP contribution < -0.4 is 4.90 Å². The van der Waals surface area contributed by atoms with Crippen molar-refractivity contribution in [3.05, 3.63) is 99.1 Å². The molecule has 31 heavy (non-hydrogen) atoms. The predicted octanol–water partition coefficient (Wildman–Crippen LogP) is 5.27. The molecule has 0 fully saturated rings. The maximum atomic E-state index is 13.5. The second kappa shape index (κ2) is 7.95. The van der Waals surface area contributed by atoms with Gasteiger partial charge in [0, 0.05) is 16.1 Å². The average Bonchev–Trinajstić information content (AvgIpc) is 2.91. The molecule has 158 valence electrons. The first-order chi connectivity index (χ1) is 14.7. The van der Waals surface area contributed by atoms with Crippen LogP contribution in [0.4, 0.5) is 5.69 Å². The number of halogens is 1. The number of rotatable bonds is 5. The lowest BCUT2D eigenvalue weighted by Crippen LogP contribution is -2.41. The van der Waals surface area contributed by atoms with E-state index in [1.165, 1.54) is 0 Å². The Morgan fingerprint density at radius 2 is 1.74 bits per heavy atom. The minimum absolute atomic E-state index is 0.281. The second-order valence-corrected chi connectivity index (χ2v) is 8.69. The average molecular weight is 434 g/mol. The molecule has 1 aliphatic rings. The Balaban J connectivity index is 1.73. The van der Waals surface area contributed by atoms with E-state index in [4.69, 9.17) is 11.6 Å². The van der Waals surface area contributed by atoms with E-state index < -0.39 is 11.5 Å². The monoisotopic (exact) mass is 433 g/mol. The number of ketones is 1. The number of fused-ring (bicyclic) bond motifs is 1. The summed E-state index contributed by atoms with van der Waals surface area (Å²) >= 11 is 6.20. The van der Waals surface area contributed by atoms with Gasteiger partial charge in [-0.3, -0.25) is 9.59 Å². The number of aryl methyl sites for hydroxylation is 3. The van der Waals surface area contributed by atoms with Crippen LogP contribution in [0.5, 0.6) is 0 Å². The van der Waals surface area contributed by atoms with Crippen LogP contribution in [0.1, 0.15) is 44.6 Å². The predicted molar refractivity (Wildman–Crippen MR) is 123 cm³/mol. The van der Waals surface area contributed by atoms with Gasteiger partial charge in [0.15, 0.2) is 11.4 Å². The van der Waals surface area contributed by atoms with Crippen molar-refractivity contribution in [2.75, 3.05) is 4.90 Å². The standard InChI is InChI=1S/C26H24ClNO3/c1-16-8-10-21(18(3)12-16)24(29)14-26(31)22-13-20(27)9-11-23(22)28(25(26)30)15-19-7-5-4-6-17(19)2/h4-13,31H,14-15H2,1-3H3/t26-/m0/s1. The molecule has 1 heterocycles.